The number of nitrogens with one attached hydrogen (secondary N) is 3. The smallest absolute Gasteiger partial charge is 0.337 e. The topological polar surface area (TPSA) is 97.3 Å². The lowest BCUT2D eigenvalue weighted by Gasteiger charge is -2.17. The van der Waals surface area contributed by atoms with Gasteiger partial charge in [0, 0.05) is 5.69 Å². The van der Waals surface area contributed by atoms with Crippen LogP contribution in [0.1, 0.15) is 19.4 Å². The molecule has 0 fully saturated rings. The quantitative estimate of drug-likeness (QED) is 0.603. The van der Waals surface area contributed by atoms with E-state index in [0.717, 1.165) is 10.3 Å². The SMILES string of the molecule is Cc1cccc(NC(=O)NNc2nc3ccccc3c(=O)n2OC(C)C)c1. The van der Waals surface area contributed by atoms with Crippen molar-refractivity contribution in [3.8, 4) is 0 Å². The van der Waals surface area contributed by atoms with Gasteiger partial charge in [0.05, 0.1) is 10.9 Å². The number of fused-ring (bicyclic) bond motifs is 1. The summed E-state index contributed by atoms with van der Waals surface area (Å²) in [7, 11) is 0. The molecular formula is C19H21N5O3. The molecule has 3 aromatic rings. The van der Waals surface area contributed by atoms with E-state index in [1.807, 2.05) is 25.1 Å². The van der Waals surface area contributed by atoms with Crippen LogP contribution in [0, 0.1) is 6.92 Å². The number of para-hydroxylation sites is 1. The number of rotatable bonds is 5. The van der Waals surface area contributed by atoms with E-state index in [9.17, 15) is 9.59 Å². The fourth-order valence-electron chi connectivity index (χ4n) is 2.50. The number of urea groups is 1. The molecule has 2 amide bonds. The van der Waals surface area contributed by atoms with Crippen LogP contribution in [0.2, 0.25) is 0 Å². The van der Waals surface area contributed by atoms with Gasteiger partial charge in [-0.15, -0.1) is 4.73 Å². The van der Waals surface area contributed by atoms with Crippen molar-refractivity contribution in [2.24, 2.45) is 0 Å². The predicted octanol–water partition coefficient (Wildman–Crippen LogP) is 2.69. The summed E-state index contributed by atoms with van der Waals surface area (Å²) in [4.78, 5) is 34.8. The monoisotopic (exact) mass is 367 g/mol. The number of carbonyl (C=O) groups is 1. The van der Waals surface area contributed by atoms with Gasteiger partial charge in [-0.05, 0) is 50.6 Å². The molecule has 3 rings (SSSR count). The Hall–Kier alpha value is -3.55. The third-order valence-electron chi connectivity index (χ3n) is 3.62. The van der Waals surface area contributed by atoms with E-state index >= 15 is 0 Å². The second-order valence-corrected chi connectivity index (χ2v) is 6.28. The zero-order valence-electron chi connectivity index (χ0n) is 15.3. The first-order valence-electron chi connectivity index (χ1n) is 8.52. The second kappa shape index (κ2) is 7.77. The Bertz CT molecular complexity index is 1030. The number of hydrazine groups is 1. The number of anilines is 2. The van der Waals surface area contributed by atoms with Crippen LogP contribution < -0.4 is 26.6 Å². The lowest BCUT2D eigenvalue weighted by atomic mass is 10.2. The molecule has 1 heterocycles. The number of aryl methyl sites for hydroxylation is 1. The van der Waals surface area contributed by atoms with E-state index in [4.69, 9.17) is 4.84 Å². The molecule has 2 aromatic carbocycles. The Morgan fingerprint density at radius 2 is 1.93 bits per heavy atom. The minimum Gasteiger partial charge on any atom is -0.405 e. The van der Waals surface area contributed by atoms with Crippen molar-refractivity contribution < 1.29 is 9.63 Å². The molecule has 0 radical (unpaired) electrons. The van der Waals surface area contributed by atoms with Crippen LogP contribution >= 0.6 is 0 Å². The maximum Gasteiger partial charge on any atom is 0.337 e. The summed E-state index contributed by atoms with van der Waals surface area (Å²) in [5.74, 6) is 0.0757. The molecule has 0 aliphatic carbocycles. The van der Waals surface area contributed by atoms with Crippen molar-refractivity contribution in [1.82, 2.24) is 15.1 Å². The average molecular weight is 367 g/mol. The standard InChI is InChI=1S/C19H21N5O3/c1-12(2)27-24-17(25)15-9-4-5-10-16(15)21-18(24)22-23-19(26)20-14-8-6-7-13(3)11-14/h4-12H,1-3H3,(H,21,22)(H2,20,23,26). The molecule has 8 nitrogen and oxygen atoms in total. The van der Waals surface area contributed by atoms with E-state index in [-0.39, 0.29) is 17.6 Å². The Kier molecular flexibility index (Phi) is 5.25. The van der Waals surface area contributed by atoms with Gasteiger partial charge in [-0.1, -0.05) is 24.3 Å². The highest BCUT2D eigenvalue weighted by atomic mass is 16.7. The lowest BCUT2D eigenvalue weighted by molar-refractivity contribution is 0.0559. The first kappa shape index (κ1) is 18.2. The second-order valence-electron chi connectivity index (χ2n) is 6.28. The first-order chi connectivity index (χ1) is 12.9. The Morgan fingerprint density at radius 1 is 1.15 bits per heavy atom. The highest BCUT2D eigenvalue weighted by Gasteiger charge is 2.14. The van der Waals surface area contributed by atoms with Crippen LogP contribution in [-0.2, 0) is 0 Å². The van der Waals surface area contributed by atoms with Gasteiger partial charge in [0.2, 0.25) is 0 Å². The third-order valence-corrected chi connectivity index (χ3v) is 3.62. The Labute approximate surface area is 156 Å². The van der Waals surface area contributed by atoms with Gasteiger partial charge in [-0.25, -0.2) is 15.2 Å². The number of amides is 2. The number of carbonyl (C=O) groups excluding carboxylic acids is 1. The lowest BCUT2D eigenvalue weighted by Crippen LogP contribution is -2.39. The minimum atomic E-state index is -0.501. The van der Waals surface area contributed by atoms with E-state index in [2.05, 4.69) is 21.2 Å². The number of nitrogens with zero attached hydrogens (tertiary/aromatic N) is 2. The van der Waals surface area contributed by atoms with Crippen molar-refractivity contribution in [3.05, 3.63) is 64.4 Å². The van der Waals surface area contributed by atoms with Crippen LogP contribution in [0.4, 0.5) is 16.4 Å². The van der Waals surface area contributed by atoms with Crippen LogP contribution in [0.25, 0.3) is 10.9 Å². The highest BCUT2D eigenvalue weighted by Crippen LogP contribution is 2.11. The molecule has 0 bridgehead atoms. The summed E-state index contributed by atoms with van der Waals surface area (Å²) >= 11 is 0. The largest absolute Gasteiger partial charge is 0.405 e. The molecule has 0 unspecified atom stereocenters. The van der Waals surface area contributed by atoms with Gasteiger partial charge in [0.1, 0.15) is 6.10 Å². The van der Waals surface area contributed by atoms with Crippen molar-refractivity contribution in [2.45, 2.75) is 26.9 Å². The molecule has 8 heteroatoms. The molecule has 140 valence electrons. The van der Waals surface area contributed by atoms with Crippen LogP contribution in [0.5, 0.6) is 0 Å². The molecule has 3 N–H and O–H groups in total. The molecule has 0 saturated carbocycles. The fraction of sp³-hybridized carbons (Fsp3) is 0.211. The van der Waals surface area contributed by atoms with Crippen molar-refractivity contribution >= 4 is 28.6 Å². The van der Waals surface area contributed by atoms with Gasteiger partial charge >= 0.3 is 6.03 Å². The van der Waals surface area contributed by atoms with Gasteiger partial charge in [0.25, 0.3) is 11.5 Å². The molecule has 0 aliphatic rings. The van der Waals surface area contributed by atoms with E-state index in [1.165, 1.54) is 0 Å². The summed E-state index contributed by atoms with van der Waals surface area (Å²) in [6.45, 7) is 5.52. The number of benzene rings is 2. The van der Waals surface area contributed by atoms with E-state index < -0.39 is 6.03 Å². The van der Waals surface area contributed by atoms with Crippen LogP contribution in [0.3, 0.4) is 0 Å². The van der Waals surface area contributed by atoms with Crippen molar-refractivity contribution in [2.75, 3.05) is 10.7 Å². The number of aromatic nitrogens is 2. The van der Waals surface area contributed by atoms with Gasteiger partial charge in [-0.2, -0.15) is 0 Å². The summed E-state index contributed by atoms with van der Waals surface area (Å²) in [6.07, 6.45) is -0.257. The van der Waals surface area contributed by atoms with Crippen LogP contribution in [-0.4, -0.2) is 21.8 Å². The summed E-state index contributed by atoms with van der Waals surface area (Å²) in [6, 6.07) is 13.8. The molecule has 0 aliphatic heterocycles. The first-order valence-corrected chi connectivity index (χ1v) is 8.52. The maximum absolute atomic E-state index is 12.7. The van der Waals surface area contributed by atoms with Crippen LogP contribution in [0.15, 0.2) is 53.3 Å². The molecule has 0 spiro atoms. The van der Waals surface area contributed by atoms with Gasteiger partial charge < -0.3 is 10.2 Å². The zero-order chi connectivity index (χ0) is 19.4. The minimum absolute atomic E-state index is 0.0757. The fourth-order valence-corrected chi connectivity index (χ4v) is 2.50. The maximum atomic E-state index is 12.7. The Morgan fingerprint density at radius 3 is 2.67 bits per heavy atom. The normalized spacial score (nSPS) is 10.7. The van der Waals surface area contributed by atoms with Gasteiger partial charge in [-0.3, -0.25) is 10.2 Å². The molecule has 0 saturated heterocycles. The molecule has 27 heavy (non-hydrogen) atoms. The summed E-state index contributed by atoms with van der Waals surface area (Å²) in [5, 5.41) is 3.12. The van der Waals surface area contributed by atoms with Gasteiger partial charge in [0.15, 0.2) is 0 Å². The molecular weight excluding hydrogens is 346 g/mol. The van der Waals surface area contributed by atoms with E-state index in [0.29, 0.717) is 16.6 Å². The zero-order valence-corrected chi connectivity index (χ0v) is 15.3. The number of hydrogen-bond acceptors (Lipinski definition) is 5. The molecule has 0 atom stereocenters. The highest BCUT2D eigenvalue weighted by molar-refractivity contribution is 5.90. The summed E-state index contributed by atoms with van der Waals surface area (Å²) in [5.41, 5.74) is 6.93. The molecule has 1 aromatic heterocycles. The van der Waals surface area contributed by atoms with Crippen molar-refractivity contribution in [3.63, 3.8) is 0 Å². The summed E-state index contributed by atoms with van der Waals surface area (Å²) < 4.78 is 1.04. The Balaban J connectivity index is 1.82. The average Bonchev–Trinajstić information content (AvgIpc) is 2.62. The van der Waals surface area contributed by atoms with Crippen molar-refractivity contribution in [1.29, 1.82) is 0 Å². The third kappa shape index (κ3) is 4.35. The predicted molar refractivity (Wildman–Crippen MR) is 105 cm³/mol. The van der Waals surface area contributed by atoms with E-state index in [1.54, 1.807) is 44.2 Å². The number of hydrogen-bond donors (Lipinski definition) is 3.